The van der Waals surface area contributed by atoms with Crippen molar-refractivity contribution >= 4 is 11.5 Å². The van der Waals surface area contributed by atoms with Gasteiger partial charge in [-0.05, 0) is 38.4 Å². The maximum Gasteiger partial charge on any atom is 0.127 e. The van der Waals surface area contributed by atoms with Gasteiger partial charge >= 0.3 is 0 Å². The third-order valence-corrected chi connectivity index (χ3v) is 3.27. The van der Waals surface area contributed by atoms with E-state index in [0.717, 1.165) is 37.6 Å². The lowest BCUT2D eigenvalue weighted by molar-refractivity contribution is 0.352. The Balaban J connectivity index is 1.74. The molecule has 1 aliphatic heterocycles. The Hall–Kier alpha value is -1.29. The number of hydrogen-bond acceptors (Lipinski definition) is 4. The summed E-state index contributed by atoms with van der Waals surface area (Å²) >= 11 is 0. The van der Waals surface area contributed by atoms with Crippen LogP contribution in [0.15, 0.2) is 18.3 Å². The fourth-order valence-electron chi connectivity index (χ4n) is 2.25. The molecule has 2 N–H and O–H groups in total. The van der Waals surface area contributed by atoms with Crippen molar-refractivity contribution in [2.45, 2.75) is 26.2 Å². The van der Waals surface area contributed by atoms with E-state index in [9.17, 15) is 0 Å². The number of pyridine rings is 1. The molecule has 0 atom stereocenters. The highest BCUT2D eigenvalue weighted by Gasteiger charge is 2.10. The first kappa shape index (κ1) is 13.1. The molecule has 1 aromatic heterocycles. The molecule has 1 saturated heterocycles. The molecular weight excluding hydrogens is 224 g/mol. The molecule has 0 saturated carbocycles. The van der Waals surface area contributed by atoms with Gasteiger partial charge in [0.25, 0.3) is 0 Å². The Morgan fingerprint density at radius 2 is 2.06 bits per heavy atom. The van der Waals surface area contributed by atoms with E-state index in [1.807, 2.05) is 12.3 Å². The summed E-state index contributed by atoms with van der Waals surface area (Å²) in [5, 5.41) is 6.77. The maximum atomic E-state index is 4.30. The van der Waals surface area contributed by atoms with Gasteiger partial charge in [0.15, 0.2) is 0 Å². The van der Waals surface area contributed by atoms with E-state index in [2.05, 4.69) is 33.5 Å². The van der Waals surface area contributed by atoms with E-state index in [4.69, 9.17) is 0 Å². The van der Waals surface area contributed by atoms with E-state index < -0.39 is 0 Å². The van der Waals surface area contributed by atoms with Crippen molar-refractivity contribution < 1.29 is 0 Å². The van der Waals surface area contributed by atoms with Gasteiger partial charge < -0.3 is 15.5 Å². The number of nitrogens with one attached hydrogen (secondary N) is 2. The maximum absolute atomic E-state index is 4.30. The van der Waals surface area contributed by atoms with E-state index in [1.54, 1.807) is 0 Å². The first-order valence-corrected chi connectivity index (χ1v) is 7.04. The molecule has 0 spiro atoms. The Bertz CT molecular complexity index is 347. The van der Waals surface area contributed by atoms with E-state index in [0.29, 0.717) is 0 Å². The van der Waals surface area contributed by atoms with Crippen molar-refractivity contribution in [2.24, 2.45) is 0 Å². The van der Waals surface area contributed by atoms with Crippen LogP contribution >= 0.6 is 0 Å². The van der Waals surface area contributed by atoms with Gasteiger partial charge in [0.05, 0.1) is 0 Å². The van der Waals surface area contributed by atoms with Crippen LogP contribution in [0, 0.1) is 0 Å². The molecule has 0 bridgehead atoms. The highest BCUT2D eigenvalue weighted by molar-refractivity contribution is 5.51. The van der Waals surface area contributed by atoms with E-state index in [-0.39, 0.29) is 0 Å². The SMILES string of the molecule is CCCNc1cc(NCCN2CCCC2)ccn1. The monoisotopic (exact) mass is 248 g/mol. The smallest absolute Gasteiger partial charge is 0.127 e. The zero-order chi connectivity index (χ0) is 12.6. The molecule has 1 aliphatic rings. The molecule has 0 radical (unpaired) electrons. The summed E-state index contributed by atoms with van der Waals surface area (Å²) in [5.74, 6) is 0.961. The normalized spacial score (nSPS) is 15.8. The summed E-state index contributed by atoms with van der Waals surface area (Å²) in [7, 11) is 0. The zero-order valence-corrected chi connectivity index (χ0v) is 11.3. The Kier molecular flexibility index (Phi) is 5.27. The second-order valence-electron chi connectivity index (χ2n) is 4.83. The lowest BCUT2D eigenvalue weighted by Gasteiger charge is -2.15. The molecule has 2 rings (SSSR count). The van der Waals surface area contributed by atoms with Gasteiger partial charge in [0.1, 0.15) is 5.82 Å². The summed E-state index contributed by atoms with van der Waals surface area (Å²) in [4.78, 5) is 6.82. The van der Waals surface area contributed by atoms with Crippen LogP contribution in [0.3, 0.4) is 0 Å². The number of anilines is 2. The molecule has 18 heavy (non-hydrogen) atoms. The van der Waals surface area contributed by atoms with Crippen LogP contribution < -0.4 is 10.6 Å². The van der Waals surface area contributed by atoms with Crippen LogP contribution in [0.1, 0.15) is 26.2 Å². The first-order valence-electron chi connectivity index (χ1n) is 7.04. The number of aromatic nitrogens is 1. The minimum atomic E-state index is 0.961. The minimum Gasteiger partial charge on any atom is -0.384 e. The van der Waals surface area contributed by atoms with Crippen molar-refractivity contribution in [3.05, 3.63) is 18.3 Å². The predicted octanol–water partition coefficient (Wildman–Crippen LogP) is 2.41. The topological polar surface area (TPSA) is 40.2 Å². The van der Waals surface area contributed by atoms with Crippen LogP contribution in [0.4, 0.5) is 11.5 Å². The highest BCUT2D eigenvalue weighted by atomic mass is 15.1. The van der Waals surface area contributed by atoms with Crippen molar-refractivity contribution in [2.75, 3.05) is 43.4 Å². The lowest BCUT2D eigenvalue weighted by atomic mass is 10.3. The van der Waals surface area contributed by atoms with E-state index >= 15 is 0 Å². The van der Waals surface area contributed by atoms with Crippen molar-refractivity contribution in [3.63, 3.8) is 0 Å². The quantitative estimate of drug-likeness (QED) is 0.777. The third kappa shape index (κ3) is 4.18. The average Bonchev–Trinajstić information content (AvgIpc) is 2.90. The van der Waals surface area contributed by atoms with Gasteiger partial charge in [-0.15, -0.1) is 0 Å². The molecule has 2 heterocycles. The minimum absolute atomic E-state index is 0.961. The molecule has 1 aromatic rings. The second-order valence-corrected chi connectivity index (χ2v) is 4.83. The standard InChI is InChI=1S/C14H24N4/c1-2-6-16-14-12-13(5-7-17-14)15-8-11-18-9-3-4-10-18/h5,7,12H,2-4,6,8-11H2,1H3,(H2,15,16,17). The fourth-order valence-corrected chi connectivity index (χ4v) is 2.25. The molecule has 0 aromatic carbocycles. The van der Waals surface area contributed by atoms with Crippen LogP contribution in [0.5, 0.6) is 0 Å². The molecule has 4 heteroatoms. The van der Waals surface area contributed by atoms with Gasteiger partial charge in [0, 0.05) is 37.6 Å². The summed E-state index contributed by atoms with van der Waals surface area (Å²) in [6.07, 6.45) is 5.70. The molecule has 0 amide bonds. The van der Waals surface area contributed by atoms with Crippen LogP contribution in [0.2, 0.25) is 0 Å². The van der Waals surface area contributed by atoms with Gasteiger partial charge in [-0.1, -0.05) is 6.92 Å². The van der Waals surface area contributed by atoms with Gasteiger partial charge in [-0.3, -0.25) is 0 Å². The summed E-state index contributed by atoms with van der Waals surface area (Å²) in [6.45, 7) is 7.81. The number of rotatable bonds is 7. The Morgan fingerprint density at radius 3 is 2.83 bits per heavy atom. The summed E-state index contributed by atoms with van der Waals surface area (Å²) < 4.78 is 0. The predicted molar refractivity (Wildman–Crippen MR) is 77.2 cm³/mol. The molecule has 0 aliphatic carbocycles. The summed E-state index contributed by atoms with van der Waals surface area (Å²) in [5.41, 5.74) is 1.16. The van der Waals surface area contributed by atoms with Gasteiger partial charge in [-0.2, -0.15) is 0 Å². The largest absolute Gasteiger partial charge is 0.384 e. The van der Waals surface area contributed by atoms with Crippen molar-refractivity contribution in [3.8, 4) is 0 Å². The summed E-state index contributed by atoms with van der Waals surface area (Å²) in [6, 6.07) is 4.11. The Morgan fingerprint density at radius 1 is 1.22 bits per heavy atom. The van der Waals surface area contributed by atoms with Gasteiger partial charge in [-0.25, -0.2) is 4.98 Å². The number of hydrogen-bond donors (Lipinski definition) is 2. The zero-order valence-electron chi connectivity index (χ0n) is 11.3. The van der Waals surface area contributed by atoms with Crippen molar-refractivity contribution in [1.29, 1.82) is 0 Å². The molecular formula is C14H24N4. The van der Waals surface area contributed by atoms with Crippen LogP contribution in [-0.4, -0.2) is 42.6 Å². The van der Waals surface area contributed by atoms with Gasteiger partial charge in [0.2, 0.25) is 0 Å². The lowest BCUT2D eigenvalue weighted by Crippen LogP contribution is -2.25. The van der Waals surface area contributed by atoms with Crippen LogP contribution in [0.25, 0.3) is 0 Å². The number of nitrogens with zero attached hydrogens (tertiary/aromatic N) is 2. The average molecular weight is 248 g/mol. The first-order chi connectivity index (χ1) is 8.88. The van der Waals surface area contributed by atoms with Crippen molar-refractivity contribution in [1.82, 2.24) is 9.88 Å². The van der Waals surface area contributed by atoms with Crippen LogP contribution in [-0.2, 0) is 0 Å². The fraction of sp³-hybridized carbons (Fsp3) is 0.643. The molecule has 1 fully saturated rings. The molecule has 100 valence electrons. The number of likely N-dealkylation sites (tertiary alicyclic amines) is 1. The molecule has 4 nitrogen and oxygen atoms in total. The van der Waals surface area contributed by atoms with E-state index in [1.165, 1.54) is 25.9 Å². The molecule has 0 unspecified atom stereocenters. The highest BCUT2D eigenvalue weighted by Crippen LogP contribution is 2.12. The third-order valence-electron chi connectivity index (χ3n) is 3.27. The Labute approximate surface area is 110 Å². The second kappa shape index (κ2) is 7.21.